The summed E-state index contributed by atoms with van der Waals surface area (Å²) in [6.07, 6.45) is -0.297. The van der Waals surface area contributed by atoms with Gasteiger partial charge in [-0.25, -0.2) is 9.37 Å². The molecule has 2 aromatic carbocycles. The van der Waals surface area contributed by atoms with E-state index >= 15 is 0 Å². The highest BCUT2D eigenvalue weighted by Crippen LogP contribution is 2.23. The Balaban J connectivity index is 1.89. The molecular weight excluding hydrogens is 397 g/mol. The topological polar surface area (TPSA) is 105 Å². The number of rotatable bonds is 6. The molecule has 3 aromatic rings. The Morgan fingerprint density at radius 3 is 2.66 bits per heavy atom. The van der Waals surface area contributed by atoms with Crippen molar-refractivity contribution in [3.8, 4) is 11.3 Å². The maximum Gasteiger partial charge on any atom is 0.307 e. The molecule has 0 fully saturated rings. The van der Waals surface area contributed by atoms with Crippen LogP contribution in [0.25, 0.3) is 11.3 Å². The molecule has 0 aliphatic rings. The van der Waals surface area contributed by atoms with Gasteiger partial charge in [-0.15, -0.1) is 0 Å². The molecule has 0 spiro atoms. The number of aromatic nitrogens is 1. The Hall–Kier alpha value is -3.29. The fourth-order valence-electron chi connectivity index (χ4n) is 2.82. The second kappa shape index (κ2) is 8.81. The number of benzene rings is 2. The van der Waals surface area contributed by atoms with Crippen molar-refractivity contribution in [1.82, 2.24) is 4.98 Å². The molecule has 0 bridgehead atoms. The lowest BCUT2D eigenvalue weighted by atomic mass is 10.1. The monoisotopic (exact) mass is 413 g/mol. The van der Waals surface area contributed by atoms with Gasteiger partial charge in [0.05, 0.1) is 12.1 Å². The summed E-state index contributed by atoms with van der Waals surface area (Å²) in [5.74, 6) is -2.03. The van der Waals surface area contributed by atoms with Crippen LogP contribution in [0.15, 0.2) is 54.6 Å². The first-order valence-corrected chi connectivity index (χ1v) is 9.02. The van der Waals surface area contributed by atoms with Crippen LogP contribution in [0.3, 0.4) is 0 Å². The molecule has 3 rings (SSSR count). The Kier molecular flexibility index (Phi) is 6.21. The zero-order valence-electron chi connectivity index (χ0n) is 15.2. The first kappa shape index (κ1) is 20.4. The second-order valence-electron chi connectivity index (χ2n) is 6.29. The van der Waals surface area contributed by atoms with E-state index in [1.807, 2.05) is 0 Å². The smallest absolute Gasteiger partial charge is 0.307 e. The minimum absolute atomic E-state index is 0.0947. The molecule has 1 heterocycles. The van der Waals surface area contributed by atoms with Crippen LogP contribution < -0.4 is 11.1 Å². The molecule has 0 saturated carbocycles. The van der Waals surface area contributed by atoms with Crippen molar-refractivity contribution in [3.05, 3.63) is 82.3 Å². The molecule has 1 aromatic heterocycles. The molecule has 29 heavy (non-hydrogen) atoms. The lowest BCUT2D eigenvalue weighted by Crippen LogP contribution is -2.16. The Bertz CT molecular complexity index is 1090. The molecule has 148 valence electrons. The van der Waals surface area contributed by atoms with E-state index in [1.165, 1.54) is 30.3 Å². The fraction of sp³-hybridized carbons (Fsp3) is 0.0952. The van der Waals surface area contributed by atoms with Crippen molar-refractivity contribution in [1.29, 1.82) is 0 Å². The number of anilines is 1. The molecule has 0 atom stereocenters. The SMILES string of the molecule is NCc1cc(F)cc(-c2cccc(C(=O)Nc3ccc(Cl)cc3CC(=O)O)n2)c1. The van der Waals surface area contributed by atoms with Gasteiger partial charge in [0.25, 0.3) is 5.91 Å². The summed E-state index contributed by atoms with van der Waals surface area (Å²) in [6, 6.07) is 13.7. The first-order valence-electron chi connectivity index (χ1n) is 8.64. The third-order valence-corrected chi connectivity index (χ3v) is 4.36. The Morgan fingerprint density at radius 2 is 1.93 bits per heavy atom. The summed E-state index contributed by atoms with van der Waals surface area (Å²) in [5.41, 5.74) is 7.89. The largest absolute Gasteiger partial charge is 0.481 e. The summed E-state index contributed by atoms with van der Waals surface area (Å²) in [4.78, 5) is 28.0. The van der Waals surface area contributed by atoms with Crippen molar-refractivity contribution in [2.45, 2.75) is 13.0 Å². The molecular formula is C21H17ClFN3O3. The van der Waals surface area contributed by atoms with Crippen LogP contribution in [0.4, 0.5) is 10.1 Å². The van der Waals surface area contributed by atoms with E-state index in [2.05, 4.69) is 10.3 Å². The van der Waals surface area contributed by atoms with Crippen molar-refractivity contribution < 1.29 is 19.1 Å². The zero-order chi connectivity index (χ0) is 21.0. The van der Waals surface area contributed by atoms with Crippen LogP contribution in [0, 0.1) is 5.82 Å². The van der Waals surface area contributed by atoms with Gasteiger partial charge >= 0.3 is 5.97 Å². The first-order chi connectivity index (χ1) is 13.9. The van der Waals surface area contributed by atoms with Crippen molar-refractivity contribution >= 4 is 29.2 Å². The maximum atomic E-state index is 13.8. The summed E-state index contributed by atoms with van der Waals surface area (Å²) in [5, 5.41) is 12.1. The van der Waals surface area contributed by atoms with Crippen molar-refractivity contribution in [2.24, 2.45) is 5.73 Å². The van der Waals surface area contributed by atoms with Gasteiger partial charge in [-0.1, -0.05) is 17.7 Å². The second-order valence-corrected chi connectivity index (χ2v) is 6.72. The minimum atomic E-state index is -1.05. The summed E-state index contributed by atoms with van der Waals surface area (Å²) in [6.45, 7) is 0.174. The molecule has 8 heteroatoms. The number of nitrogens with two attached hydrogens (primary N) is 1. The molecule has 0 aliphatic carbocycles. The van der Waals surface area contributed by atoms with E-state index in [0.29, 0.717) is 33.1 Å². The summed E-state index contributed by atoms with van der Waals surface area (Å²) >= 11 is 5.92. The lowest BCUT2D eigenvalue weighted by Gasteiger charge is -2.11. The molecule has 0 saturated heterocycles. The average Bonchev–Trinajstić information content (AvgIpc) is 2.69. The highest BCUT2D eigenvalue weighted by Gasteiger charge is 2.14. The number of hydrogen-bond donors (Lipinski definition) is 3. The van der Waals surface area contributed by atoms with Gasteiger partial charge in [0.15, 0.2) is 0 Å². The van der Waals surface area contributed by atoms with Crippen LogP contribution >= 0.6 is 11.6 Å². The third kappa shape index (κ3) is 5.16. The number of halogens is 2. The number of nitrogens with zero attached hydrogens (tertiary/aromatic N) is 1. The van der Waals surface area contributed by atoms with E-state index in [0.717, 1.165) is 0 Å². The molecule has 4 N–H and O–H groups in total. The number of carbonyl (C=O) groups excluding carboxylic acids is 1. The number of pyridine rings is 1. The number of aliphatic carboxylic acids is 1. The van der Waals surface area contributed by atoms with Crippen molar-refractivity contribution in [3.63, 3.8) is 0 Å². The van der Waals surface area contributed by atoms with Gasteiger partial charge in [0.2, 0.25) is 0 Å². The van der Waals surface area contributed by atoms with Crippen LogP contribution in [-0.4, -0.2) is 22.0 Å². The van der Waals surface area contributed by atoms with Gasteiger partial charge < -0.3 is 16.2 Å². The number of hydrogen-bond acceptors (Lipinski definition) is 4. The van der Waals surface area contributed by atoms with Gasteiger partial charge in [-0.3, -0.25) is 9.59 Å². The molecule has 0 aliphatic heterocycles. The van der Waals surface area contributed by atoms with Gasteiger partial charge in [0, 0.05) is 22.8 Å². The number of carboxylic acid groups (broad SMARTS) is 1. The lowest BCUT2D eigenvalue weighted by molar-refractivity contribution is -0.136. The summed E-state index contributed by atoms with van der Waals surface area (Å²) in [7, 11) is 0. The van der Waals surface area contributed by atoms with Gasteiger partial charge in [0.1, 0.15) is 11.5 Å². The standard InChI is InChI=1S/C21H17ClFN3O3/c22-15-4-5-18(14(8-15)10-20(27)28)26-21(29)19-3-1-2-17(25-19)13-6-12(11-24)7-16(23)9-13/h1-9H,10-11,24H2,(H,26,29)(H,27,28). The van der Waals surface area contributed by atoms with E-state index in [1.54, 1.807) is 24.3 Å². The molecule has 1 amide bonds. The number of carboxylic acids is 1. The van der Waals surface area contributed by atoms with E-state index in [-0.39, 0.29) is 18.7 Å². The highest BCUT2D eigenvalue weighted by molar-refractivity contribution is 6.30. The van der Waals surface area contributed by atoms with Crippen molar-refractivity contribution in [2.75, 3.05) is 5.32 Å². The average molecular weight is 414 g/mol. The zero-order valence-corrected chi connectivity index (χ0v) is 15.9. The Labute approximate surface area is 171 Å². The normalized spacial score (nSPS) is 10.6. The summed E-state index contributed by atoms with van der Waals surface area (Å²) < 4.78 is 13.8. The van der Waals surface area contributed by atoms with E-state index in [9.17, 15) is 14.0 Å². The third-order valence-electron chi connectivity index (χ3n) is 4.13. The van der Waals surface area contributed by atoms with Crippen LogP contribution in [-0.2, 0) is 17.8 Å². The molecule has 0 radical (unpaired) electrons. The number of amides is 1. The number of nitrogens with one attached hydrogen (secondary N) is 1. The van der Waals surface area contributed by atoms with Crippen LogP contribution in [0.2, 0.25) is 5.02 Å². The Morgan fingerprint density at radius 1 is 1.14 bits per heavy atom. The van der Waals surface area contributed by atoms with E-state index in [4.69, 9.17) is 22.4 Å². The predicted molar refractivity (Wildman–Crippen MR) is 108 cm³/mol. The van der Waals surface area contributed by atoms with Crippen LogP contribution in [0.1, 0.15) is 21.6 Å². The van der Waals surface area contributed by atoms with Gasteiger partial charge in [-0.05, 0) is 59.7 Å². The molecule has 6 nitrogen and oxygen atoms in total. The maximum absolute atomic E-state index is 13.8. The molecule has 0 unspecified atom stereocenters. The van der Waals surface area contributed by atoms with E-state index < -0.39 is 17.7 Å². The number of carbonyl (C=O) groups is 2. The highest BCUT2D eigenvalue weighted by atomic mass is 35.5. The minimum Gasteiger partial charge on any atom is -0.481 e. The quantitative estimate of drug-likeness (QED) is 0.568. The predicted octanol–water partition coefficient (Wildman–Crippen LogP) is 3.88. The van der Waals surface area contributed by atoms with Crippen LogP contribution in [0.5, 0.6) is 0 Å². The van der Waals surface area contributed by atoms with Gasteiger partial charge in [-0.2, -0.15) is 0 Å². The fourth-order valence-corrected chi connectivity index (χ4v) is 3.01.